The van der Waals surface area contributed by atoms with E-state index in [9.17, 15) is 4.79 Å². The molecule has 1 aromatic heterocycles. The molecule has 2 rings (SSSR count). The van der Waals surface area contributed by atoms with E-state index >= 15 is 0 Å². The van der Waals surface area contributed by atoms with E-state index in [1.165, 1.54) is 0 Å². The fourth-order valence-corrected chi connectivity index (χ4v) is 2.33. The van der Waals surface area contributed by atoms with Crippen LogP contribution < -0.4 is 10.6 Å². The molecule has 1 aliphatic rings. The van der Waals surface area contributed by atoms with Crippen LogP contribution in [0.3, 0.4) is 0 Å². The molecule has 0 aromatic carbocycles. The minimum absolute atomic E-state index is 0.0639. The summed E-state index contributed by atoms with van der Waals surface area (Å²) >= 11 is 0. The fraction of sp³-hybridized carbons (Fsp3) is 0.667. The van der Waals surface area contributed by atoms with Crippen molar-refractivity contribution in [2.45, 2.75) is 20.8 Å². The highest BCUT2D eigenvalue weighted by Gasteiger charge is 2.30. The molecule has 2 atom stereocenters. The van der Waals surface area contributed by atoms with Crippen LogP contribution in [0.15, 0.2) is 0 Å². The number of hydrogen-bond donors (Lipinski definition) is 2. The van der Waals surface area contributed by atoms with Crippen molar-refractivity contribution in [2.75, 3.05) is 18.4 Å². The van der Waals surface area contributed by atoms with Crippen molar-refractivity contribution in [1.82, 2.24) is 15.1 Å². The van der Waals surface area contributed by atoms with Crippen LogP contribution in [0.1, 0.15) is 18.3 Å². The van der Waals surface area contributed by atoms with Gasteiger partial charge in [0, 0.05) is 13.6 Å². The molecule has 0 radical (unpaired) electrons. The third kappa shape index (κ3) is 2.20. The monoisotopic (exact) mass is 236 g/mol. The Hall–Kier alpha value is -1.36. The Morgan fingerprint density at radius 3 is 2.65 bits per heavy atom. The Kier molecular flexibility index (Phi) is 3.19. The SMILES string of the molecule is Cc1nn(C)c(C)c1NC(=O)[C@@H]1CNC[C@H]1C. The fourth-order valence-electron chi connectivity index (χ4n) is 2.33. The zero-order valence-corrected chi connectivity index (χ0v) is 10.9. The summed E-state index contributed by atoms with van der Waals surface area (Å²) in [6.45, 7) is 7.67. The van der Waals surface area contributed by atoms with E-state index in [1.807, 2.05) is 20.9 Å². The van der Waals surface area contributed by atoms with Gasteiger partial charge in [-0.3, -0.25) is 9.48 Å². The minimum atomic E-state index is 0.0639. The number of aryl methyl sites for hydroxylation is 2. The Bertz CT molecular complexity index is 438. The number of carbonyl (C=O) groups is 1. The summed E-state index contributed by atoms with van der Waals surface area (Å²) in [7, 11) is 1.89. The second-order valence-electron chi connectivity index (χ2n) is 4.90. The van der Waals surface area contributed by atoms with Gasteiger partial charge in [0.15, 0.2) is 0 Å². The summed E-state index contributed by atoms with van der Waals surface area (Å²) in [4.78, 5) is 12.2. The molecule has 5 nitrogen and oxygen atoms in total. The standard InChI is InChI=1S/C12H20N4O/c1-7-5-13-6-10(7)12(17)14-11-8(2)15-16(4)9(11)3/h7,10,13H,5-6H2,1-4H3,(H,14,17)/t7-,10-/m1/s1. The number of amides is 1. The molecule has 0 bridgehead atoms. The van der Waals surface area contributed by atoms with Crippen LogP contribution in [0.5, 0.6) is 0 Å². The smallest absolute Gasteiger partial charge is 0.229 e. The van der Waals surface area contributed by atoms with E-state index < -0.39 is 0 Å². The van der Waals surface area contributed by atoms with Gasteiger partial charge in [0.05, 0.1) is 23.0 Å². The van der Waals surface area contributed by atoms with Gasteiger partial charge in [-0.2, -0.15) is 5.10 Å². The van der Waals surface area contributed by atoms with Gasteiger partial charge in [0.25, 0.3) is 0 Å². The number of anilines is 1. The highest BCUT2D eigenvalue weighted by molar-refractivity contribution is 5.94. The molecule has 2 heterocycles. The van der Waals surface area contributed by atoms with Gasteiger partial charge in [-0.15, -0.1) is 0 Å². The summed E-state index contributed by atoms with van der Waals surface area (Å²) in [5.41, 5.74) is 2.73. The summed E-state index contributed by atoms with van der Waals surface area (Å²) in [5.74, 6) is 0.558. The average molecular weight is 236 g/mol. The number of hydrogen-bond acceptors (Lipinski definition) is 3. The largest absolute Gasteiger partial charge is 0.323 e. The van der Waals surface area contributed by atoms with Crippen molar-refractivity contribution in [3.05, 3.63) is 11.4 Å². The van der Waals surface area contributed by atoms with Crippen LogP contribution in [-0.2, 0) is 11.8 Å². The molecule has 0 saturated carbocycles. The van der Waals surface area contributed by atoms with Crippen molar-refractivity contribution < 1.29 is 4.79 Å². The summed E-state index contributed by atoms with van der Waals surface area (Å²) < 4.78 is 1.79. The van der Waals surface area contributed by atoms with Crippen molar-refractivity contribution in [3.63, 3.8) is 0 Å². The van der Waals surface area contributed by atoms with Crippen LogP contribution in [0, 0.1) is 25.7 Å². The zero-order chi connectivity index (χ0) is 12.6. The predicted molar refractivity (Wildman–Crippen MR) is 66.8 cm³/mol. The Balaban J connectivity index is 2.13. The quantitative estimate of drug-likeness (QED) is 0.799. The number of rotatable bonds is 2. The highest BCUT2D eigenvalue weighted by Crippen LogP contribution is 2.22. The molecule has 94 valence electrons. The van der Waals surface area contributed by atoms with Gasteiger partial charge in [-0.25, -0.2) is 0 Å². The van der Waals surface area contributed by atoms with Gasteiger partial charge in [0.2, 0.25) is 5.91 Å². The number of nitrogens with one attached hydrogen (secondary N) is 2. The minimum Gasteiger partial charge on any atom is -0.323 e. The van der Waals surface area contributed by atoms with E-state index in [2.05, 4.69) is 22.7 Å². The van der Waals surface area contributed by atoms with E-state index in [-0.39, 0.29) is 11.8 Å². The Labute approximate surface area is 102 Å². The normalized spacial score (nSPS) is 24.0. The first kappa shape index (κ1) is 12.1. The number of nitrogens with zero attached hydrogens (tertiary/aromatic N) is 2. The second-order valence-corrected chi connectivity index (χ2v) is 4.90. The zero-order valence-electron chi connectivity index (χ0n) is 10.9. The van der Waals surface area contributed by atoms with Crippen molar-refractivity contribution >= 4 is 11.6 Å². The van der Waals surface area contributed by atoms with E-state index in [1.54, 1.807) is 4.68 Å². The lowest BCUT2D eigenvalue weighted by Crippen LogP contribution is -2.28. The van der Waals surface area contributed by atoms with Gasteiger partial charge < -0.3 is 10.6 Å². The first-order valence-electron chi connectivity index (χ1n) is 6.02. The molecule has 17 heavy (non-hydrogen) atoms. The summed E-state index contributed by atoms with van der Waals surface area (Å²) in [6.07, 6.45) is 0. The van der Waals surface area contributed by atoms with E-state index in [0.29, 0.717) is 5.92 Å². The van der Waals surface area contributed by atoms with Crippen LogP contribution in [0.25, 0.3) is 0 Å². The van der Waals surface area contributed by atoms with E-state index in [0.717, 1.165) is 30.2 Å². The van der Waals surface area contributed by atoms with Gasteiger partial charge in [0.1, 0.15) is 0 Å². The molecule has 1 fully saturated rings. The maximum atomic E-state index is 12.2. The highest BCUT2D eigenvalue weighted by atomic mass is 16.2. The topological polar surface area (TPSA) is 59.0 Å². The second kappa shape index (κ2) is 4.49. The molecular weight excluding hydrogens is 216 g/mol. The van der Waals surface area contributed by atoms with Crippen LogP contribution in [0.2, 0.25) is 0 Å². The number of carbonyl (C=O) groups excluding carboxylic acids is 1. The molecule has 1 aromatic rings. The van der Waals surface area contributed by atoms with Gasteiger partial charge in [-0.05, 0) is 26.3 Å². The Morgan fingerprint density at radius 2 is 2.18 bits per heavy atom. The molecule has 1 aliphatic heterocycles. The molecule has 2 N–H and O–H groups in total. The molecule has 0 spiro atoms. The molecule has 0 aliphatic carbocycles. The predicted octanol–water partition coefficient (Wildman–Crippen LogP) is 0.831. The van der Waals surface area contributed by atoms with Gasteiger partial charge in [-0.1, -0.05) is 6.92 Å². The van der Waals surface area contributed by atoms with Crippen LogP contribution in [-0.4, -0.2) is 28.8 Å². The maximum absolute atomic E-state index is 12.2. The summed E-state index contributed by atoms with van der Waals surface area (Å²) in [5, 5.41) is 10.5. The van der Waals surface area contributed by atoms with Crippen molar-refractivity contribution in [1.29, 1.82) is 0 Å². The molecular formula is C12H20N4O. The molecule has 5 heteroatoms. The first-order chi connectivity index (χ1) is 8.00. The number of aromatic nitrogens is 2. The van der Waals surface area contributed by atoms with E-state index in [4.69, 9.17) is 0 Å². The lowest BCUT2D eigenvalue weighted by Gasteiger charge is -2.14. The van der Waals surface area contributed by atoms with Gasteiger partial charge >= 0.3 is 0 Å². The van der Waals surface area contributed by atoms with Crippen molar-refractivity contribution in [3.8, 4) is 0 Å². The Morgan fingerprint density at radius 1 is 1.47 bits per heavy atom. The molecule has 0 unspecified atom stereocenters. The average Bonchev–Trinajstić information content (AvgIpc) is 2.78. The maximum Gasteiger partial charge on any atom is 0.229 e. The van der Waals surface area contributed by atoms with Crippen molar-refractivity contribution in [2.24, 2.45) is 18.9 Å². The lowest BCUT2D eigenvalue weighted by atomic mass is 9.97. The molecule has 1 amide bonds. The first-order valence-corrected chi connectivity index (χ1v) is 6.02. The molecule has 1 saturated heterocycles. The summed E-state index contributed by atoms with van der Waals surface area (Å²) in [6, 6.07) is 0. The third-order valence-corrected chi connectivity index (χ3v) is 3.61. The van der Waals surface area contributed by atoms with Crippen LogP contribution >= 0.6 is 0 Å². The lowest BCUT2D eigenvalue weighted by molar-refractivity contribution is -0.120. The van der Waals surface area contributed by atoms with Crippen LogP contribution in [0.4, 0.5) is 5.69 Å². The third-order valence-electron chi connectivity index (χ3n) is 3.61.